The molecule has 7 heteroatoms. The van der Waals surface area contributed by atoms with Crippen LogP contribution in [0.4, 0.5) is 4.79 Å². The van der Waals surface area contributed by atoms with Gasteiger partial charge in [0.05, 0.1) is 18.3 Å². The number of halogens is 1. The number of ether oxygens (including phenoxy) is 1. The molecule has 2 amide bonds. The minimum absolute atomic E-state index is 0.0403. The van der Waals surface area contributed by atoms with E-state index in [1.54, 1.807) is 17.0 Å². The van der Waals surface area contributed by atoms with Gasteiger partial charge in [-0.2, -0.15) is 0 Å². The third-order valence-corrected chi connectivity index (χ3v) is 5.33. The van der Waals surface area contributed by atoms with Crippen molar-refractivity contribution in [1.29, 1.82) is 0 Å². The van der Waals surface area contributed by atoms with Gasteiger partial charge in [-0.25, -0.2) is 4.79 Å². The van der Waals surface area contributed by atoms with E-state index in [0.29, 0.717) is 44.1 Å². The van der Waals surface area contributed by atoms with Crippen LogP contribution in [-0.2, 0) is 10.3 Å². The Bertz CT molecular complexity index is 588. The largest absolute Gasteiger partial charge is 0.385 e. The molecule has 2 aliphatic heterocycles. The van der Waals surface area contributed by atoms with Crippen LogP contribution in [0.5, 0.6) is 0 Å². The molecule has 1 aromatic carbocycles. The molecule has 138 valence electrons. The van der Waals surface area contributed by atoms with E-state index in [2.05, 4.69) is 17.3 Å². The molecule has 0 saturated carbocycles. The van der Waals surface area contributed by atoms with Gasteiger partial charge in [0.15, 0.2) is 0 Å². The summed E-state index contributed by atoms with van der Waals surface area (Å²) in [6, 6.07) is 7.20. The summed E-state index contributed by atoms with van der Waals surface area (Å²) in [6.07, 6.45) is 1.08. The van der Waals surface area contributed by atoms with Crippen molar-refractivity contribution in [1.82, 2.24) is 15.1 Å². The van der Waals surface area contributed by atoms with Crippen LogP contribution in [0.25, 0.3) is 0 Å². The summed E-state index contributed by atoms with van der Waals surface area (Å²) in [6.45, 7) is 4.03. The Morgan fingerprint density at radius 2 is 2.00 bits per heavy atom. The van der Waals surface area contributed by atoms with Crippen molar-refractivity contribution >= 4 is 17.6 Å². The molecule has 2 heterocycles. The molecule has 3 rings (SSSR count). The lowest BCUT2D eigenvalue weighted by Gasteiger charge is -2.39. The first kappa shape index (κ1) is 18.5. The summed E-state index contributed by atoms with van der Waals surface area (Å²) < 4.78 is 5.66. The minimum atomic E-state index is -0.892. The van der Waals surface area contributed by atoms with Gasteiger partial charge < -0.3 is 25.0 Å². The van der Waals surface area contributed by atoms with Crippen LogP contribution in [-0.4, -0.2) is 73.4 Å². The molecule has 2 fully saturated rings. The Morgan fingerprint density at radius 3 is 2.64 bits per heavy atom. The fourth-order valence-electron chi connectivity index (χ4n) is 3.43. The molecular weight excluding hydrogens is 342 g/mol. The van der Waals surface area contributed by atoms with Gasteiger partial charge in [-0.3, -0.25) is 0 Å². The molecule has 6 nitrogen and oxygen atoms in total. The van der Waals surface area contributed by atoms with Crippen molar-refractivity contribution in [3.8, 4) is 0 Å². The number of benzene rings is 1. The summed E-state index contributed by atoms with van der Waals surface area (Å²) in [5.74, 6) is 0. The number of carbonyl (C=O) groups is 1. The van der Waals surface area contributed by atoms with Crippen LogP contribution < -0.4 is 5.32 Å². The number of urea groups is 1. The maximum Gasteiger partial charge on any atom is 0.317 e. The van der Waals surface area contributed by atoms with Crippen molar-refractivity contribution < 1.29 is 14.6 Å². The number of likely N-dealkylation sites (tertiary alicyclic amines) is 1. The van der Waals surface area contributed by atoms with E-state index in [-0.39, 0.29) is 12.1 Å². The van der Waals surface area contributed by atoms with E-state index in [0.717, 1.165) is 18.7 Å². The highest BCUT2D eigenvalue weighted by Gasteiger charge is 2.35. The number of rotatable bonds is 3. The Balaban J connectivity index is 1.48. The standard InChI is InChI=1S/C18H26ClN3O3/c1-21-10-11-25-16(13-21)12-20-17(23)22-8-6-18(24,7-9-22)14-2-4-15(19)5-3-14/h2-5,16,24H,6-13H2,1H3,(H,20,23)/t16-/m1/s1. The highest BCUT2D eigenvalue weighted by Crippen LogP contribution is 2.33. The zero-order valence-corrected chi connectivity index (χ0v) is 15.3. The second-order valence-electron chi connectivity index (χ2n) is 6.97. The van der Waals surface area contributed by atoms with E-state index in [1.165, 1.54) is 0 Å². The zero-order chi connectivity index (χ0) is 17.9. The number of nitrogens with one attached hydrogen (secondary N) is 1. The Hall–Kier alpha value is -1.34. The number of piperidine rings is 1. The number of aliphatic hydroxyl groups is 1. The number of amides is 2. The smallest absolute Gasteiger partial charge is 0.317 e. The Morgan fingerprint density at radius 1 is 1.32 bits per heavy atom. The zero-order valence-electron chi connectivity index (χ0n) is 14.6. The first-order valence-electron chi connectivity index (χ1n) is 8.78. The maximum absolute atomic E-state index is 12.4. The average molecular weight is 368 g/mol. The highest BCUT2D eigenvalue weighted by molar-refractivity contribution is 6.30. The molecule has 25 heavy (non-hydrogen) atoms. The molecular formula is C18H26ClN3O3. The Labute approximate surface area is 153 Å². The lowest BCUT2D eigenvalue weighted by atomic mass is 9.84. The third kappa shape index (κ3) is 4.64. The lowest BCUT2D eigenvalue weighted by Crippen LogP contribution is -2.52. The fourth-order valence-corrected chi connectivity index (χ4v) is 3.56. The summed E-state index contributed by atoms with van der Waals surface area (Å²) >= 11 is 5.91. The summed E-state index contributed by atoms with van der Waals surface area (Å²) in [5, 5.41) is 14.5. The normalized spacial score (nSPS) is 24.1. The molecule has 1 atom stereocenters. The highest BCUT2D eigenvalue weighted by atomic mass is 35.5. The molecule has 0 aliphatic carbocycles. The lowest BCUT2D eigenvalue weighted by molar-refractivity contribution is -0.0229. The second-order valence-corrected chi connectivity index (χ2v) is 7.40. The number of nitrogens with zero attached hydrogens (tertiary/aromatic N) is 2. The van der Waals surface area contributed by atoms with Gasteiger partial charge in [0.2, 0.25) is 0 Å². The summed E-state index contributed by atoms with van der Waals surface area (Å²) in [4.78, 5) is 16.3. The van der Waals surface area contributed by atoms with E-state index >= 15 is 0 Å². The number of carbonyl (C=O) groups excluding carboxylic acids is 1. The number of likely N-dealkylation sites (N-methyl/N-ethyl adjacent to an activating group) is 1. The average Bonchev–Trinajstić information content (AvgIpc) is 2.61. The second kappa shape index (κ2) is 7.91. The summed E-state index contributed by atoms with van der Waals surface area (Å²) in [5.41, 5.74) is -0.0353. The van der Waals surface area contributed by atoms with E-state index in [9.17, 15) is 9.90 Å². The van der Waals surface area contributed by atoms with Crippen molar-refractivity contribution in [3.63, 3.8) is 0 Å². The van der Waals surface area contributed by atoms with Crippen molar-refractivity contribution in [2.45, 2.75) is 24.5 Å². The molecule has 2 saturated heterocycles. The molecule has 1 aromatic rings. The van der Waals surface area contributed by atoms with Crippen LogP contribution in [0.2, 0.25) is 5.02 Å². The van der Waals surface area contributed by atoms with Gasteiger partial charge in [-0.05, 0) is 37.6 Å². The quantitative estimate of drug-likeness (QED) is 0.852. The van der Waals surface area contributed by atoms with Gasteiger partial charge in [0, 0.05) is 37.7 Å². The van der Waals surface area contributed by atoms with Gasteiger partial charge in [0.25, 0.3) is 0 Å². The first-order valence-corrected chi connectivity index (χ1v) is 9.15. The van der Waals surface area contributed by atoms with Crippen molar-refractivity contribution in [3.05, 3.63) is 34.9 Å². The number of morpholine rings is 1. The molecule has 2 aliphatic rings. The predicted molar refractivity (Wildman–Crippen MR) is 96.8 cm³/mol. The molecule has 0 aromatic heterocycles. The predicted octanol–water partition coefficient (Wildman–Crippen LogP) is 1.66. The van der Waals surface area contributed by atoms with Crippen molar-refractivity contribution in [2.75, 3.05) is 46.4 Å². The minimum Gasteiger partial charge on any atom is -0.385 e. The number of hydrogen-bond donors (Lipinski definition) is 2. The number of hydrogen-bond acceptors (Lipinski definition) is 4. The van der Waals surface area contributed by atoms with Crippen LogP contribution >= 0.6 is 11.6 Å². The molecule has 0 spiro atoms. The van der Waals surface area contributed by atoms with E-state index in [1.807, 2.05) is 12.1 Å². The monoisotopic (exact) mass is 367 g/mol. The first-order chi connectivity index (χ1) is 12.0. The van der Waals surface area contributed by atoms with Crippen LogP contribution in [0.1, 0.15) is 18.4 Å². The van der Waals surface area contributed by atoms with Gasteiger partial charge >= 0.3 is 6.03 Å². The van der Waals surface area contributed by atoms with Gasteiger partial charge in [-0.15, -0.1) is 0 Å². The van der Waals surface area contributed by atoms with Crippen LogP contribution in [0, 0.1) is 0 Å². The topological polar surface area (TPSA) is 65.0 Å². The van der Waals surface area contributed by atoms with Crippen molar-refractivity contribution in [2.24, 2.45) is 0 Å². The van der Waals surface area contributed by atoms with Crippen LogP contribution in [0.3, 0.4) is 0 Å². The SMILES string of the molecule is CN1CCO[C@H](CNC(=O)N2CCC(O)(c3ccc(Cl)cc3)CC2)C1. The fraction of sp³-hybridized carbons (Fsp3) is 0.611. The molecule has 0 radical (unpaired) electrons. The maximum atomic E-state index is 12.4. The molecule has 0 bridgehead atoms. The summed E-state index contributed by atoms with van der Waals surface area (Å²) in [7, 11) is 2.06. The molecule has 2 N–H and O–H groups in total. The van der Waals surface area contributed by atoms with E-state index < -0.39 is 5.60 Å². The van der Waals surface area contributed by atoms with Gasteiger partial charge in [0.1, 0.15) is 0 Å². The van der Waals surface area contributed by atoms with E-state index in [4.69, 9.17) is 16.3 Å². The third-order valence-electron chi connectivity index (χ3n) is 5.08. The van der Waals surface area contributed by atoms with Gasteiger partial charge in [-0.1, -0.05) is 23.7 Å². The van der Waals surface area contributed by atoms with Crippen LogP contribution in [0.15, 0.2) is 24.3 Å². The molecule has 0 unspecified atom stereocenters. The Kier molecular flexibility index (Phi) is 5.84.